The second-order valence-corrected chi connectivity index (χ2v) is 9.94. The van der Waals surface area contributed by atoms with Crippen LogP contribution in [0.5, 0.6) is 5.75 Å². The van der Waals surface area contributed by atoms with Crippen LogP contribution < -0.4 is 4.74 Å². The van der Waals surface area contributed by atoms with Crippen molar-refractivity contribution >= 4 is 15.9 Å². The van der Waals surface area contributed by atoms with Crippen molar-refractivity contribution in [1.82, 2.24) is 18.8 Å². The topological polar surface area (TPSA) is 109 Å². The summed E-state index contributed by atoms with van der Waals surface area (Å²) in [7, 11) is -1.63. The van der Waals surface area contributed by atoms with Gasteiger partial charge >= 0.3 is 0 Å². The molecule has 2 aliphatic rings. The highest BCUT2D eigenvalue weighted by Crippen LogP contribution is 2.31. The first-order chi connectivity index (χ1) is 14.8. The minimum absolute atomic E-state index is 0.0630. The number of amides is 1. The standard InChI is InChI=1S/C21H25N5O4S/c1-30-19-4-3-15(12-22)11-17(19)18-13-24-9-10-25(14-20(24)23-18)21(27)16-5-7-26(8-6-16)31(2,28)29/h3-4,11,13,16H,5-10,14H2,1-2H3. The average molecular weight is 444 g/mol. The molecular formula is C21H25N5O4S. The van der Waals surface area contributed by atoms with Crippen LogP contribution in [0, 0.1) is 17.2 Å². The van der Waals surface area contributed by atoms with Crippen LogP contribution in [0.4, 0.5) is 0 Å². The summed E-state index contributed by atoms with van der Waals surface area (Å²) in [5.41, 5.74) is 1.98. The fourth-order valence-electron chi connectivity index (χ4n) is 4.24. The number of hydrogen-bond acceptors (Lipinski definition) is 6. The number of piperidine rings is 1. The van der Waals surface area contributed by atoms with E-state index in [-0.39, 0.29) is 11.8 Å². The number of methoxy groups -OCH3 is 1. The number of fused-ring (bicyclic) bond motifs is 1. The smallest absolute Gasteiger partial charge is 0.226 e. The number of nitriles is 1. The van der Waals surface area contributed by atoms with Gasteiger partial charge in [-0.05, 0) is 31.0 Å². The van der Waals surface area contributed by atoms with Crippen LogP contribution in [0.3, 0.4) is 0 Å². The van der Waals surface area contributed by atoms with Crippen molar-refractivity contribution in [3.63, 3.8) is 0 Å². The summed E-state index contributed by atoms with van der Waals surface area (Å²) < 4.78 is 32.3. The Kier molecular flexibility index (Phi) is 5.73. The third-order valence-corrected chi connectivity index (χ3v) is 7.29. The predicted octanol–water partition coefficient (Wildman–Crippen LogP) is 1.44. The molecule has 0 bridgehead atoms. The molecular weight excluding hydrogens is 418 g/mol. The third kappa shape index (κ3) is 4.29. The Labute approximate surface area is 181 Å². The van der Waals surface area contributed by atoms with Crippen LogP contribution in [0.1, 0.15) is 24.2 Å². The summed E-state index contributed by atoms with van der Waals surface area (Å²) in [4.78, 5) is 19.6. The zero-order chi connectivity index (χ0) is 22.2. The summed E-state index contributed by atoms with van der Waals surface area (Å²) in [6, 6.07) is 7.35. The molecule has 0 aliphatic carbocycles. The van der Waals surface area contributed by atoms with Gasteiger partial charge in [-0.15, -0.1) is 0 Å². The molecule has 2 aliphatic heterocycles. The molecule has 0 N–H and O–H groups in total. The maximum Gasteiger partial charge on any atom is 0.226 e. The molecule has 0 spiro atoms. The van der Waals surface area contributed by atoms with Crippen molar-refractivity contribution in [2.24, 2.45) is 5.92 Å². The van der Waals surface area contributed by atoms with Crippen LogP contribution in [0.15, 0.2) is 24.4 Å². The molecule has 1 aromatic carbocycles. The van der Waals surface area contributed by atoms with Crippen molar-refractivity contribution in [3.8, 4) is 23.1 Å². The van der Waals surface area contributed by atoms with Crippen LogP contribution >= 0.6 is 0 Å². The molecule has 1 aromatic heterocycles. The lowest BCUT2D eigenvalue weighted by Gasteiger charge is -2.34. The molecule has 3 heterocycles. The Bertz CT molecular complexity index is 1140. The molecule has 10 heteroatoms. The van der Waals surface area contributed by atoms with Gasteiger partial charge in [-0.1, -0.05) is 0 Å². The maximum absolute atomic E-state index is 13.0. The number of carbonyl (C=O) groups excluding carboxylic acids is 1. The first kappa shape index (κ1) is 21.3. The lowest BCUT2D eigenvalue weighted by atomic mass is 9.96. The molecule has 31 heavy (non-hydrogen) atoms. The number of rotatable bonds is 4. The van der Waals surface area contributed by atoms with E-state index in [1.165, 1.54) is 10.6 Å². The first-order valence-electron chi connectivity index (χ1n) is 10.2. The molecule has 0 radical (unpaired) electrons. The molecule has 0 unspecified atom stereocenters. The summed E-state index contributed by atoms with van der Waals surface area (Å²) in [5, 5.41) is 9.22. The molecule has 164 valence electrons. The summed E-state index contributed by atoms with van der Waals surface area (Å²) in [6.07, 6.45) is 4.22. The number of aromatic nitrogens is 2. The zero-order valence-electron chi connectivity index (χ0n) is 17.6. The number of ether oxygens (including phenoxy) is 1. The normalized spacial score (nSPS) is 17.8. The van der Waals surface area contributed by atoms with Crippen LogP contribution in [0.2, 0.25) is 0 Å². The number of benzene rings is 1. The molecule has 9 nitrogen and oxygen atoms in total. The molecule has 0 atom stereocenters. The van der Waals surface area contributed by atoms with E-state index in [0.717, 1.165) is 11.4 Å². The minimum Gasteiger partial charge on any atom is -0.496 e. The third-order valence-electron chi connectivity index (χ3n) is 5.99. The monoisotopic (exact) mass is 443 g/mol. The second-order valence-electron chi connectivity index (χ2n) is 7.96. The van der Waals surface area contributed by atoms with Crippen LogP contribution in [0.25, 0.3) is 11.3 Å². The van der Waals surface area contributed by atoms with E-state index in [0.29, 0.717) is 62.6 Å². The summed E-state index contributed by atoms with van der Waals surface area (Å²) in [6.45, 7) is 2.40. The lowest BCUT2D eigenvalue weighted by Crippen LogP contribution is -2.46. The summed E-state index contributed by atoms with van der Waals surface area (Å²) in [5.74, 6) is 1.33. The Morgan fingerprint density at radius 1 is 1.23 bits per heavy atom. The molecule has 0 saturated carbocycles. The van der Waals surface area contributed by atoms with E-state index in [1.54, 1.807) is 25.3 Å². The molecule has 1 fully saturated rings. The zero-order valence-corrected chi connectivity index (χ0v) is 18.4. The number of carbonyl (C=O) groups is 1. The van der Waals surface area contributed by atoms with Crippen molar-refractivity contribution < 1.29 is 17.9 Å². The Morgan fingerprint density at radius 3 is 2.61 bits per heavy atom. The van der Waals surface area contributed by atoms with Gasteiger partial charge in [0.05, 0.1) is 37.2 Å². The molecule has 4 rings (SSSR count). The van der Waals surface area contributed by atoms with E-state index >= 15 is 0 Å². The number of imidazole rings is 1. The van der Waals surface area contributed by atoms with Gasteiger partial charge in [0.1, 0.15) is 11.6 Å². The number of sulfonamides is 1. The Balaban J connectivity index is 1.49. The summed E-state index contributed by atoms with van der Waals surface area (Å²) >= 11 is 0. The van der Waals surface area contributed by atoms with Crippen molar-refractivity contribution in [1.29, 1.82) is 5.26 Å². The van der Waals surface area contributed by atoms with E-state index < -0.39 is 10.0 Å². The minimum atomic E-state index is -3.21. The van der Waals surface area contributed by atoms with Gasteiger partial charge in [-0.25, -0.2) is 17.7 Å². The Hall–Kier alpha value is -2.90. The molecule has 2 aromatic rings. The quantitative estimate of drug-likeness (QED) is 0.708. The van der Waals surface area contributed by atoms with Crippen molar-refractivity contribution in [2.45, 2.75) is 25.9 Å². The first-order valence-corrected chi connectivity index (χ1v) is 12.0. The fourth-order valence-corrected chi connectivity index (χ4v) is 5.11. The van der Waals surface area contributed by atoms with Crippen molar-refractivity contribution in [3.05, 3.63) is 35.8 Å². The largest absolute Gasteiger partial charge is 0.496 e. The van der Waals surface area contributed by atoms with E-state index in [1.807, 2.05) is 15.7 Å². The van der Waals surface area contributed by atoms with Gasteiger partial charge in [0, 0.05) is 43.9 Å². The lowest BCUT2D eigenvalue weighted by molar-refractivity contribution is -0.138. The highest BCUT2D eigenvalue weighted by molar-refractivity contribution is 7.88. The van der Waals surface area contributed by atoms with Gasteiger partial charge in [0.25, 0.3) is 0 Å². The van der Waals surface area contributed by atoms with E-state index in [4.69, 9.17) is 9.72 Å². The van der Waals surface area contributed by atoms with Gasteiger partial charge < -0.3 is 14.2 Å². The van der Waals surface area contributed by atoms with Crippen LogP contribution in [-0.2, 0) is 27.9 Å². The van der Waals surface area contributed by atoms with Gasteiger partial charge in [-0.2, -0.15) is 5.26 Å². The predicted molar refractivity (Wildman–Crippen MR) is 113 cm³/mol. The maximum atomic E-state index is 13.0. The van der Waals surface area contributed by atoms with Gasteiger partial charge in [0.2, 0.25) is 15.9 Å². The number of nitrogens with zero attached hydrogens (tertiary/aromatic N) is 5. The Morgan fingerprint density at radius 2 is 1.97 bits per heavy atom. The average Bonchev–Trinajstić information content (AvgIpc) is 3.21. The second kappa shape index (κ2) is 8.32. The van der Waals surface area contributed by atoms with Gasteiger partial charge in [0.15, 0.2) is 0 Å². The highest BCUT2D eigenvalue weighted by Gasteiger charge is 2.33. The van der Waals surface area contributed by atoms with Crippen molar-refractivity contribution in [2.75, 3.05) is 33.0 Å². The molecule has 1 amide bonds. The van der Waals surface area contributed by atoms with E-state index in [9.17, 15) is 18.5 Å². The van der Waals surface area contributed by atoms with Crippen LogP contribution in [-0.4, -0.2) is 66.1 Å². The number of hydrogen-bond donors (Lipinski definition) is 0. The SMILES string of the molecule is COc1ccc(C#N)cc1-c1cn2c(n1)CN(C(=O)C1CCN(S(C)(=O)=O)CC1)CC2. The van der Waals surface area contributed by atoms with Gasteiger partial charge in [-0.3, -0.25) is 4.79 Å². The fraction of sp³-hybridized carbons (Fsp3) is 0.476. The molecule has 1 saturated heterocycles. The van der Waals surface area contributed by atoms with E-state index in [2.05, 4.69) is 6.07 Å². The highest BCUT2D eigenvalue weighted by atomic mass is 32.2.